The number of rotatable bonds is 8. The van der Waals surface area contributed by atoms with Gasteiger partial charge >= 0.3 is 0 Å². The first-order valence-corrected chi connectivity index (χ1v) is 8.66. The highest BCUT2D eigenvalue weighted by molar-refractivity contribution is 7.92. The van der Waals surface area contributed by atoms with Crippen LogP contribution in [0.25, 0.3) is 0 Å². The van der Waals surface area contributed by atoms with Crippen LogP contribution >= 0.6 is 0 Å². The van der Waals surface area contributed by atoms with Gasteiger partial charge in [-0.25, -0.2) is 8.42 Å². The minimum absolute atomic E-state index is 0.133. The van der Waals surface area contributed by atoms with Gasteiger partial charge in [-0.05, 0) is 31.0 Å². The largest absolute Gasteiger partial charge is 0.396 e. The molecule has 1 aromatic carbocycles. The van der Waals surface area contributed by atoms with Crippen LogP contribution in [0.15, 0.2) is 24.3 Å². The summed E-state index contributed by atoms with van der Waals surface area (Å²) in [7, 11) is -3.27. The van der Waals surface area contributed by atoms with Crippen LogP contribution in [-0.4, -0.2) is 32.9 Å². The van der Waals surface area contributed by atoms with Gasteiger partial charge in [-0.3, -0.25) is 4.72 Å². The van der Waals surface area contributed by atoms with E-state index in [1.54, 1.807) is 18.2 Å². The van der Waals surface area contributed by atoms with Crippen molar-refractivity contribution in [1.82, 2.24) is 0 Å². The summed E-state index contributed by atoms with van der Waals surface area (Å²) < 4.78 is 24.9. The van der Waals surface area contributed by atoms with Crippen molar-refractivity contribution >= 4 is 21.4 Å². The molecule has 0 aliphatic carbocycles. The molecule has 0 aliphatic heterocycles. The lowest BCUT2D eigenvalue weighted by Gasteiger charge is -2.30. The van der Waals surface area contributed by atoms with E-state index in [1.807, 2.05) is 6.07 Å². The zero-order valence-corrected chi connectivity index (χ0v) is 13.1. The summed E-state index contributed by atoms with van der Waals surface area (Å²) in [5.41, 5.74) is 1.22. The predicted octanol–water partition coefficient (Wildman–Crippen LogP) is 2.27. The molecule has 0 bridgehead atoms. The van der Waals surface area contributed by atoms with Crippen LogP contribution in [0.2, 0.25) is 0 Å². The molecule has 114 valence electrons. The van der Waals surface area contributed by atoms with Gasteiger partial charge < -0.3 is 10.4 Å². The van der Waals surface area contributed by atoms with E-state index in [1.165, 1.54) is 0 Å². The van der Waals surface area contributed by atoms with E-state index in [2.05, 4.69) is 23.9 Å². The summed E-state index contributed by atoms with van der Waals surface area (Å²) in [6, 6.07) is 7.11. The average Bonchev–Trinajstić information content (AvgIpc) is 2.39. The summed E-state index contributed by atoms with van der Waals surface area (Å²) in [6.45, 7) is 4.90. The van der Waals surface area contributed by atoms with Crippen molar-refractivity contribution in [3.63, 3.8) is 0 Å². The topological polar surface area (TPSA) is 78.4 Å². The fourth-order valence-corrected chi connectivity index (χ4v) is 2.53. The van der Waals surface area contributed by atoms with Crippen molar-refractivity contribution < 1.29 is 13.5 Å². The highest BCUT2D eigenvalue weighted by Gasteiger charge is 2.24. The summed E-state index contributed by atoms with van der Waals surface area (Å²) in [5.74, 6) is 0. The zero-order chi connectivity index (χ0) is 15.2. The molecule has 0 aliphatic rings. The highest BCUT2D eigenvalue weighted by Crippen LogP contribution is 2.26. The van der Waals surface area contributed by atoms with Crippen LogP contribution < -0.4 is 10.0 Å². The van der Waals surface area contributed by atoms with Crippen molar-refractivity contribution in [2.45, 2.75) is 26.7 Å². The molecule has 20 heavy (non-hydrogen) atoms. The van der Waals surface area contributed by atoms with Gasteiger partial charge in [0.2, 0.25) is 10.0 Å². The fourth-order valence-electron chi connectivity index (χ4n) is 1.98. The van der Waals surface area contributed by atoms with Crippen molar-refractivity contribution in [1.29, 1.82) is 0 Å². The molecule has 0 radical (unpaired) electrons. The Morgan fingerprint density at radius 2 is 1.80 bits per heavy atom. The molecule has 0 aromatic heterocycles. The van der Waals surface area contributed by atoms with Crippen LogP contribution in [0.3, 0.4) is 0 Å². The van der Waals surface area contributed by atoms with E-state index >= 15 is 0 Å². The van der Waals surface area contributed by atoms with E-state index < -0.39 is 10.0 Å². The second-order valence-corrected chi connectivity index (χ2v) is 6.92. The van der Waals surface area contributed by atoms with E-state index in [0.29, 0.717) is 12.2 Å². The number of benzene rings is 1. The molecule has 0 spiro atoms. The van der Waals surface area contributed by atoms with Crippen molar-refractivity contribution in [2.24, 2.45) is 5.41 Å². The first-order chi connectivity index (χ1) is 9.34. The normalized spacial score (nSPS) is 12.2. The van der Waals surface area contributed by atoms with Crippen LogP contribution in [0.4, 0.5) is 11.4 Å². The minimum atomic E-state index is -3.27. The quantitative estimate of drug-likeness (QED) is 0.688. The molecule has 0 amide bonds. The van der Waals surface area contributed by atoms with Gasteiger partial charge in [0, 0.05) is 17.6 Å². The first kappa shape index (κ1) is 16.8. The summed E-state index contributed by atoms with van der Waals surface area (Å²) in [4.78, 5) is 0. The number of aliphatic hydroxyl groups is 1. The number of nitrogens with one attached hydrogen (secondary N) is 2. The third-order valence-electron chi connectivity index (χ3n) is 3.67. The van der Waals surface area contributed by atoms with Gasteiger partial charge in [-0.15, -0.1) is 0 Å². The molecule has 5 nitrogen and oxygen atoms in total. The lowest BCUT2D eigenvalue weighted by Crippen LogP contribution is -2.32. The number of hydrogen-bond donors (Lipinski definition) is 3. The summed E-state index contributed by atoms with van der Waals surface area (Å²) in [6.07, 6.45) is 2.89. The Bertz CT molecular complexity index is 517. The Balaban J connectivity index is 2.76. The lowest BCUT2D eigenvalue weighted by atomic mass is 9.83. The molecule has 0 fully saturated rings. The van der Waals surface area contributed by atoms with Crippen molar-refractivity contribution in [3.05, 3.63) is 24.3 Å². The number of aliphatic hydroxyl groups excluding tert-OH is 1. The maximum Gasteiger partial charge on any atom is 0.229 e. The maximum absolute atomic E-state index is 11.2. The average molecular weight is 300 g/mol. The molecule has 3 N–H and O–H groups in total. The standard InChI is InChI=1S/C14H24N2O3S/c1-4-14(5-2,11-17)10-15-12-7-6-8-13(9-12)16-20(3,18)19/h6-9,15-17H,4-5,10-11H2,1-3H3. The predicted molar refractivity (Wildman–Crippen MR) is 83.5 cm³/mol. The van der Waals surface area contributed by atoms with Gasteiger partial charge in [0.25, 0.3) is 0 Å². The highest BCUT2D eigenvalue weighted by atomic mass is 32.2. The fraction of sp³-hybridized carbons (Fsp3) is 0.571. The van der Waals surface area contributed by atoms with Crippen molar-refractivity contribution in [2.75, 3.05) is 29.4 Å². The number of anilines is 2. The van der Waals surface area contributed by atoms with E-state index in [4.69, 9.17) is 0 Å². The lowest BCUT2D eigenvalue weighted by molar-refractivity contribution is 0.127. The molecule has 6 heteroatoms. The van der Waals surface area contributed by atoms with E-state index in [0.717, 1.165) is 24.8 Å². The Kier molecular flexibility index (Phi) is 5.83. The van der Waals surface area contributed by atoms with Gasteiger partial charge in [-0.2, -0.15) is 0 Å². The SMILES string of the molecule is CCC(CC)(CO)CNc1cccc(NS(C)(=O)=O)c1. The Hall–Kier alpha value is -1.27. The maximum atomic E-state index is 11.2. The van der Waals surface area contributed by atoms with Crippen LogP contribution in [0.1, 0.15) is 26.7 Å². The van der Waals surface area contributed by atoms with Gasteiger partial charge in [0.05, 0.1) is 18.6 Å². The molecule has 0 atom stereocenters. The summed E-state index contributed by atoms with van der Waals surface area (Å²) in [5, 5.41) is 12.8. The van der Waals surface area contributed by atoms with Crippen molar-refractivity contribution in [3.8, 4) is 0 Å². The molecular formula is C14H24N2O3S. The second-order valence-electron chi connectivity index (χ2n) is 5.17. The smallest absolute Gasteiger partial charge is 0.229 e. The van der Waals surface area contributed by atoms with Gasteiger partial charge in [0.1, 0.15) is 0 Å². The molecule has 0 saturated heterocycles. The number of sulfonamides is 1. The number of hydrogen-bond acceptors (Lipinski definition) is 4. The molecule has 1 rings (SSSR count). The second kappa shape index (κ2) is 6.95. The van der Waals surface area contributed by atoms with E-state index in [9.17, 15) is 13.5 Å². The third kappa shape index (κ3) is 5.02. The molecular weight excluding hydrogens is 276 g/mol. The third-order valence-corrected chi connectivity index (χ3v) is 4.28. The van der Waals surface area contributed by atoms with Crippen LogP contribution in [0.5, 0.6) is 0 Å². The Labute approximate surface area is 121 Å². The zero-order valence-electron chi connectivity index (χ0n) is 12.3. The van der Waals surface area contributed by atoms with E-state index in [-0.39, 0.29) is 12.0 Å². The molecule has 0 unspecified atom stereocenters. The Morgan fingerprint density at radius 3 is 2.30 bits per heavy atom. The van der Waals surface area contributed by atoms with Crippen LogP contribution in [-0.2, 0) is 10.0 Å². The molecule has 0 saturated carbocycles. The van der Waals surface area contributed by atoms with Gasteiger partial charge in [-0.1, -0.05) is 19.9 Å². The minimum Gasteiger partial charge on any atom is -0.396 e. The Morgan fingerprint density at radius 1 is 1.20 bits per heavy atom. The first-order valence-electron chi connectivity index (χ1n) is 6.77. The monoisotopic (exact) mass is 300 g/mol. The molecule has 1 aromatic rings. The summed E-state index contributed by atoms with van der Waals surface area (Å²) >= 11 is 0. The van der Waals surface area contributed by atoms with Gasteiger partial charge in [0.15, 0.2) is 0 Å². The molecule has 0 heterocycles. The van der Waals surface area contributed by atoms with Crippen LogP contribution in [0, 0.1) is 5.41 Å².